The molecular weight excluding hydrogens is 371 g/mol. The van der Waals surface area contributed by atoms with Crippen LogP contribution in [0.15, 0.2) is 35.1 Å². The predicted molar refractivity (Wildman–Crippen MR) is 96.8 cm³/mol. The van der Waals surface area contributed by atoms with Gasteiger partial charge in [0, 0.05) is 16.5 Å². The minimum absolute atomic E-state index is 0.0345. The molecule has 0 radical (unpaired) electrons. The maximum absolute atomic E-state index is 10.5. The number of allylic oxidation sites excluding steroid dienone is 4. The minimum Gasteiger partial charge on any atom is -0.506 e. The number of nitrogens with zero attached hydrogens (tertiary/aromatic N) is 3. The predicted octanol–water partition coefficient (Wildman–Crippen LogP) is 4.29. The number of benzene rings is 1. The van der Waals surface area contributed by atoms with E-state index in [1.165, 1.54) is 12.1 Å². The van der Waals surface area contributed by atoms with Crippen molar-refractivity contribution in [3.63, 3.8) is 0 Å². The van der Waals surface area contributed by atoms with Crippen molar-refractivity contribution in [3.05, 3.63) is 50.7 Å². The third-order valence-electron chi connectivity index (χ3n) is 5.19. The maximum Gasteiger partial charge on any atom is 0.191 e. The highest BCUT2D eigenvalue weighted by Crippen LogP contribution is 2.58. The fourth-order valence-corrected chi connectivity index (χ4v) is 4.55. The quantitative estimate of drug-likeness (QED) is 0.748. The van der Waals surface area contributed by atoms with Crippen molar-refractivity contribution in [2.24, 2.45) is 17.1 Å². The van der Waals surface area contributed by atoms with E-state index in [0.717, 1.165) is 18.4 Å². The highest BCUT2D eigenvalue weighted by Gasteiger charge is 2.54. The van der Waals surface area contributed by atoms with Gasteiger partial charge in [-0.3, -0.25) is 0 Å². The first-order valence-corrected chi connectivity index (χ1v) is 8.78. The van der Waals surface area contributed by atoms with Crippen LogP contribution in [0.2, 0.25) is 10.0 Å². The normalized spacial score (nSPS) is 23.9. The largest absolute Gasteiger partial charge is 0.506 e. The molecule has 0 saturated heterocycles. The van der Waals surface area contributed by atoms with Gasteiger partial charge in [0.15, 0.2) is 5.41 Å². The lowest BCUT2D eigenvalue weighted by molar-refractivity contribution is 0.308. The molecule has 0 aliphatic heterocycles. The molecule has 0 unspecified atom stereocenters. The van der Waals surface area contributed by atoms with Gasteiger partial charge in [-0.25, -0.2) is 0 Å². The minimum atomic E-state index is -1.80. The number of aromatic hydroxyl groups is 1. The average molecular weight is 385 g/mol. The van der Waals surface area contributed by atoms with Crippen LogP contribution in [0.5, 0.6) is 5.75 Å². The van der Waals surface area contributed by atoms with E-state index in [1.807, 2.05) is 18.2 Å². The fourth-order valence-electron chi connectivity index (χ4n) is 4.04. The van der Waals surface area contributed by atoms with Crippen LogP contribution in [-0.4, -0.2) is 5.11 Å². The Kier molecular flexibility index (Phi) is 4.59. The second-order valence-corrected chi connectivity index (χ2v) is 7.28. The van der Waals surface area contributed by atoms with Crippen LogP contribution in [0.3, 0.4) is 0 Å². The Labute approximate surface area is 161 Å². The van der Waals surface area contributed by atoms with Crippen LogP contribution in [0.25, 0.3) is 0 Å². The van der Waals surface area contributed by atoms with Crippen molar-refractivity contribution in [1.29, 1.82) is 15.8 Å². The molecule has 0 aromatic heterocycles. The number of nitriles is 3. The molecule has 3 rings (SSSR count). The first kappa shape index (κ1) is 18.2. The van der Waals surface area contributed by atoms with Gasteiger partial charge in [0.1, 0.15) is 11.8 Å². The Bertz CT molecular complexity index is 961. The van der Waals surface area contributed by atoms with Crippen molar-refractivity contribution in [2.75, 3.05) is 0 Å². The molecule has 0 bridgehead atoms. The SMILES string of the molecule is N#CC1=C(N)C(C#N)(C#N)[C@H](c2cc(Cl)cc(Cl)c2O)[C@@H]2CCCC=C12. The number of hydrogen-bond donors (Lipinski definition) is 2. The summed E-state index contributed by atoms with van der Waals surface area (Å²) in [4.78, 5) is 0. The third-order valence-corrected chi connectivity index (χ3v) is 5.70. The van der Waals surface area contributed by atoms with Crippen LogP contribution < -0.4 is 5.73 Å². The maximum atomic E-state index is 10.5. The summed E-state index contributed by atoms with van der Waals surface area (Å²) >= 11 is 12.2. The highest BCUT2D eigenvalue weighted by atomic mass is 35.5. The number of hydrogen-bond acceptors (Lipinski definition) is 5. The fraction of sp³-hybridized carbons (Fsp3) is 0.316. The third kappa shape index (κ3) is 2.43. The zero-order valence-corrected chi connectivity index (χ0v) is 15.1. The van der Waals surface area contributed by atoms with Crippen molar-refractivity contribution in [3.8, 4) is 24.0 Å². The van der Waals surface area contributed by atoms with Crippen molar-refractivity contribution < 1.29 is 5.11 Å². The van der Waals surface area contributed by atoms with E-state index < -0.39 is 11.3 Å². The standard InChI is InChI=1S/C19H14Cl2N4O/c20-10-5-13(17(26)15(21)6-10)16-12-4-2-1-3-11(12)14(7-22)18(25)19(16,8-23)9-24/h3,5-6,12,16,26H,1-2,4,25H2/t12-,16+/m1/s1. The second-order valence-electron chi connectivity index (χ2n) is 6.43. The molecule has 130 valence electrons. The molecule has 3 N–H and O–H groups in total. The molecular formula is C19H14Cl2N4O. The first-order valence-electron chi connectivity index (χ1n) is 8.02. The summed E-state index contributed by atoms with van der Waals surface area (Å²) in [5.41, 5.74) is 5.49. The highest BCUT2D eigenvalue weighted by molar-refractivity contribution is 6.35. The molecule has 1 aromatic rings. The van der Waals surface area contributed by atoms with E-state index in [2.05, 4.69) is 6.07 Å². The number of fused-ring (bicyclic) bond motifs is 1. The summed E-state index contributed by atoms with van der Waals surface area (Å²) in [6.07, 6.45) is 4.20. The molecule has 2 aliphatic carbocycles. The van der Waals surface area contributed by atoms with Crippen LogP contribution in [-0.2, 0) is 0 Å². The van der Waals surface area contributed by atoms with Crippen molar-refractivity contribution >= 4 is 23.2 Å². The van der Waals surface area contributed by atoms with Gasteiger partial charge in [-0.2, -0.15) is 15.8 Å². The van der Waals surface area contributed by atoms with Gasteiger partial charge in [-0.15, -0.1) is 0 Å². The zero-order chi connectivity index (χ0) is 19.1. The number of phenolic OH excluding ortho intramolecular Hbond substituents is 1. The van der Waals surface area contributed by atoms with Crippen LogP contribution >= 0.6 is 23.2 Å². The first-order chi connectivity index (χ1) is 12.4. The van der Waals surface area contributed by atoms with Crippen LogP contribution in [0, 0.1) is 45.3 Å². The Balaban J connectivity index is 2.40. The zero-order valence-electron chi connectivity index (χ0n) is 13.6. The van der Waals surface area contributed by atoms with Gasteiger partial charge < -0.3 is 10.8 Å². The average Bonchev–Trinajstić information content (AvgIpc) is 2.64. The van der Waals surface area contributed by atoms with E-state index in [1.54, 1.807) is 0 Å². The van der Waals surface area contributed by atoms with Gasteiger partial charge in [0.05, 0.1) is 28.4 Å². The molecule has 26 heavy (non-hydrogen) atoms. The van der Waals surface area contributed by atoms with E-state index in [9.17, 15) is 20.9 Å². The Morgan fingerprint density at radius 1 is 1.19 bits per heavy atom. The number of phenols is 1. The second kappa shape index (κ2) is 6.58. The Morgan fingerprint density at radius 2 is 1.88 bits per heavy atom. The summed E-state index contributed by atoms with van der Waals surface area (Å²) in [6, 6.07) is 8.97. The topological polar surface area (TPSA) is 118 Å². The van der Waals surface area contributed by atoms with Gasteiger partial charge in [-0.1, -0.05) is 29.3 Å². The molecule has 0 amide bonds. The molecule has 2 atom stereocenters. The number of rotatable bonds is 1. The van der Waals surface area contributed by atoms with Crippen LogP contribution in [0.1, 0.15) is 30.7 Å². The molecule has 0 fully saturated rings. The molecule has 0 saturated carbocycles. The lowest BCUT2D eigenvalue weighted by atomic mass is 9.56. The Morgan fingerprint density at radius 3 is 2.50 bits per heavy atom. The van der Waals surface area contributed by atoms with Gasteiger partial charge in [-0.05, 0) is 42.9 Å². The summed E-state index contributed by atoms with van der Waals surface area (Å²) in [6.45, 7) is 0. The van der Waals surface area contributed by atoms with Gasteiger partial charge in [0.2, 0.25) is 0 Å². The molecule has 5 nitrogen and oxygen atoms in total. The van der Waals surface area contributed by atoms with E-state index >= 15 is 0 Å². The molecule has 1 aromatic carbocycles. The van der Waals surface area contributed by atoms with Crippen molar-refractivity contribution in [2.45, 2.75) is 25.2 Å². The van der Waals surface area contributed by atoms with E-state index in [-0.39, 0.29) is 33.0 Å². The van der Waals surface area contributed by atoms with E-state index in [0.29, 0.717) is 12.0 Å². The van der Waals surface area contributed by atoms with Crippen LogP contribution in [0.4, 0.5) is 0 Å². The summed E-state index contributed by atoms with van der Waals surface area (Å²) < 4.78 is 0. The molecule has 0 spiro atoms. The molecule has 2 aliphatic rings. The monoisotopic (exact) mass is 384 g/mol. The summed E-state index contributed by atoms with van der Waals surface area (Å²) in [5.74, 6) is -1.32. The Hall–Kier alpha value is -2.65. The smallest absolute Gasteiger partial charge is 0.191 e. The van der Waals surface area contributed by atoms with E-state index in [4.69, 9.17) is 28.9 Å². The summed E-state index contributed by atoms with van der Waals surface area (Å²) in [7, 11) is 0. The van der Waals surface area contributed by atoms with Crippen molar-refractivity contribution in [1.82, 2.24) is 0 Å². The summed E-state index contributed by atoms with van der Waals surface area (Å²) in [5, 5.41) is 40.3. The number of halogens is 2. The lowest BCUT2D eigenvalue weighted by Gasteiger charge is -2.43. The van der Waals surface area contributed by atoms with Gasteiger partial charge in [0.25, 0.3) is 0 Å². The molecule has 0 heterocycles. The molecule has 7 heteroatoms. The van der Waals surface area contributed by atoms with Gasteiger partial charge >= 0.3 is 0 Å². The number of nitrogens with two attached hydrogens (primary N) is 1. The lowest BCUT2D eigenvalue weighted by Crippen LogP contribution is -2.42.